The molecular weight excluding hydrogens is 408 g/mol. The number of oxazole rings is 1. The summed E-state index contributed by atoms with van der Waals surface area (Å²) < 4.78 is 10.4. The average molecular weight is 426 g/mol. The molecule has 30 heavy (non-hydrogen) atoms. The molecule has 4 rings (SSSR count). The summed E-state index contributed by atoms with van der Waals surface area (Å²) in [4.78, 5) is 36.9. The molecule has 154 valence electrons. The van der Waals surface area contributed by atoms with Crippen LogP contribution >= 0.6 is 11.3 Å². The summed E-state index contributed by atoms with van der Waals surface area (Å²) in [6, 6.07) is 6.94. The van der Waals surface area contributed by atoms with Gasteiger partial charge in [-0.25, -0.2) is 19.7 Å². The smallest absolute Gasteiger partial charge is 0.339 e. The zero-order valence-electron chi connectivity index (χ0n) is 16.4. The van der Waals surface area contributed by atoms with Crippen molar-refractivity contribution in [1.82, 2.24) is 15.0 Å². The minimum atomic E-state index is -1.21. The van der Waals surface area contributed by atoms with Crippen molar-refractivity contribution in [2.45, 2.75) is 13.8 Å². The number of ether oxygens (including phenoxy) is 1. The van der Waals surface area contributed by atoms with Gasteiger partial charge in [0, 0.05) is 5.38 Å². The van der Waals surface area contributed by atoms with Crippen LogP contribution in [0.2, 0.25) is 0 Å². The van der Waals surface area contributed by atoms with Crippen molar-refractivity contribution in [3.63, 3.8) is 0 Å². The number of amides is 1. The van der Waals surface area contributed by atoms with Crippen molar-refractivity contribution in [2.75, 3.05) is 12.4 Å². The molecule has 4 aromatic rings. The van der Waals surface area contributed by atoms with Gasteiger partial charge in [-0.05, 0) is 12.1 Å². The Labute approximate surface area is 175 Å². The number of carboxylic acid groups (broad SMARTS) is 1. The molecule has 0 atom stereocenters. The van der Waals surface area contributed by atoms with Crippen molar-refractivity contribution in [2.24, 2.45) is 0 Å². The summed E-state index contributed by atoms with van der Waals surface area (Å²) in [6.07, 6.45) is 2.79. The minimum Gasteiger partial charge on any atom is -0.480 e. The minimum absolute atomic E-state index is 0.0890. The number of thiophene rings is 1. The van der Waals surface area contributed by atoms with Gasteiger partial charge < -0.3 is 19.6 Å². The first kappa shape index (κ1) is 20.9. The van der Waals surface area contributed by atoms with E-state index in [4.69, 9.17) is 9.15 Å². The topological polar surface area (TPSA) is 127 Å². The number of nitrogens with zero attached hydrogens (tertiary/aromatic N) is 3. The Kier molecular flexibility index (Phi) is 6.38. The second kappa shape index (κ2) is 9.14. The lowest BCUT2D eigenvalue weighted by Crippen LogP contribution is -2.14. The molecule has 2 N–H and O–H groups in total. The predicted molar refractivity (Wildman–Crippen MR) is 112 cm³/mol. The zero-order valence-corrected chi connectivity index (χ0v) is 17.2. The van der Waals surface area contributed by atoms with Crippen LogP contribution < -0.4 is 10.1 Å². The van der Waals surface area contributed by atoms with E-state index in [1.807, 2.05) is 13.8 Å². The van der Waals surface area contributed by atoms with Crippen LogP contribution in [0.1, 0.15) is 34.9 Å². The highest BCUT2D eigenvalue weighted by atomic mass is 32.1. The number of methoxy groups -OCH3 is 1. The summed E-state index contributed by atoms with van der Waals surface area (Å²) >= 11 is 1.12. The number of nitrogens with one attached hydrogen (secondary N) is 1. The molecule has 0 fully saturated rings. The Morgan fingerprint density at radius 1 is 1.17 bits per heavy atom. The maximum Gasteiger partial charge on any atom is 0.339 e. The normalized spacial score (nSPS) is 10.2. The van der Waals surface area contributed by atoms with Gasteiger partial charge in [-0.15, -0.1) is 11.3 Å². The number of fused-ring (bicyclic) bond motifs is 1. The summed E-state index contributed by atoms with van der Waals surface area (Å²) in [5, 5.41) is 13.7. The van der Waals surface area contributed by atoms with Gasteiger partial charge in [0.05, 0.1) is 35.8 Å². The number of benzene rings is 1. The zero-order chi connectivity index (χ0) is 21.7. The quantitative estimate of drug-likeness (QED) is 0.483. The lowest BCUT2D eigenvalue weighted by Gasteiger charge is -2.04. The van der Waals surface area contributed by atoms with Gasteiger partial charge in [-0.2, -0.15) is 0 Å². The van der Waals surface area contributed by atoms with Crippen LogP contribution in [-0.4, -0.2) is 39.0 Å². The molecule has 0 unspecified atom stereocenters. The van der Waals surface area contributed by atoms with Crippen molar-refractivity contribution < 1.29 is 23.8 Å². The number of hydrogen-bond donors (Lipinski definition) is 2. The number of hydrogen-bond acceptors (Lipinski definition) is 8. The first-order chi connectivity index (χ1) is 14.6. The van der Waals surface area contributed by atoms with E-state index < -0.39 is 11.9 Å². The third-order valence-corrected chi connectivity index (χ3v) is 4.81. The fourth-order valence-corrected chi connectivity index (χ4v) is 3.49. The highest BCUT2D eigenvalue weighted by Gasteiger charge is 2.24. The molecule has 0 spiro atoms. The Balaban J connectivity index is 0.00000124. The number of anilines is 1. The molecule has 0 radical (unpaired) electrons. The fourth-order valence-electron chi connectivity index (χ4n) is 2.53. The summed E-state index contributed by atoms with van der Waals surface area (Å²) in [5.74, 6) is -1.71. The molecule has 0 bridgehead atoms. The second-order valence-electron chi connectivity index (χ2n) is 5.54. The maximum absolute atomic E-state index is 12.5. The summed E-state index contributed by atoms with van der Waals surface area (Å²) in [7, 11) is 1.46. The molecule has 1 aromatic carbocycles. The predicted octanol–water partition coefficient (Wildman–Crippen LogP) is 4.33. The standard InChI is InChI=1S/C18H12N4O5S.C2H6/c1-26-13-7-19-10(6-20-13)15-14(18(24)25)11(8-28-15)21-16(23)17-22-9-4-2-3-5-12(9)27-17;1-2/h2-8H,1H3,(H,21,23)(H,24,25);1-2H3. The molecular formula is C20H18N4O5S. The first-order valence-electron chi connectivity index (χ1n) is 8.95. The number of aromatic carboxylic acids is 1. The third-order valence-electron chi connectivity index (χ3n) is 3.81. The van der Waals surface area contributed by atoms with Gasteiger partial charge in [0.15, 0.2) is 5.58 Å². The van der Waals surface area contributed by atoms with Crippen LogP contribution in [0.25, 0.3) is 21.7 Å². The molecule has 1 amide bonds. The van der Waals surface area contributed by atoms with Gasteiger partial charge >= 0.3 is 11.9 Å². The Morgan fingerprint density at radius 2 is 1.93 bits per heavy atom. The number of aromatic nitrogens is 3. The number of carbonyl (C=O) groups is 2. The lowest BCUT2D eigenvalue weighted by molar-refractivity contribution is 0.0699. The lowest BCUT2D eigenvalue weighted by atomic mass is 10.2. The summed E-state index contributed by atoms with van der Waals surface area (Å²) in [5.41, 5.74) is 1.38. The van der Waals surface area contributed by atoms with Crippen LogP contribution in [0.5, 0.6) is 5.88 Å². The van der Waals surface area contributed by atoms with Gasteiger partial charge in [-0.3, -0.25) is 4.79 Å². The maximum atomic E-state index is 12.5. The van der Waals surface area contributed by atoms with Gasteiger partial charge in [0.25, 0.3) is 5.89 Å². The van der Waals surface area contributed by atoms with E-state index in [9.17, 15) is 14.7 Å². The Bertz CT molecular complexity index is 1150. The monoisotopic (exact) mass is 426 g/mol. The van der Waals surface area contributed by atoms with E-state index in [0.29, 0.717) is 27.6 Å². The van der Waals surface area contributed by atoms with E-state index >= 15 is 0 Å². The molecule has 0 saturated carbocycles. The van der Waals surface area contributed by atoms with E-state index in [1.54, 1.807) is 24.3 Å². The van der Waals surface area contributed by atoms with Crippen LogP contribution in [-0.2, 0) is 0 Å². The summed E-state index contributed by atoms with van der Waals surface area (Å²) in [6.45, 7) is 4.00. The van der Waals surface area contributed by atoms with E-state index in [0.717, 1.165) is 11.3 Å². The Hall–Kier alpha value is -3.79. The van der Waals surface area contributed by atoms with Crippen LogP contribution in [0.15, 0.2) is 46.5 Å². The van der Waals surface area contributed by atoms with Crippen LogP contribution in [0, 0.1) is 0 Å². The molecule has 0 aliphatic rings. The van der Waals surface area contributed by atoms with Gasteiger partial charge in [0.1, 0.15) is 11.1 Å². The first-order valence-corrected chi connectivity index (χ1v) is 9.83. The molecule has 10 heteroatoms. The van der Waals surface area contributed by atoms with E-state index in [-0.39, 0.29) is 17.1 Å². The molecule has 0 aliphatic heterocycles. The van der Waals surface area contributed by atoms with Crippen molar-refractivity contribution >= 4 is 40.0 Å². The van der Waals surface area contributed by atoms with Crippen LogP contribution in [0.3, 0.4) is 0 Å². The third kappa shape index (κ3) is 4.13. The van der Waals surface area contributed by atoms with Gasteiger partial charge in [-0.1, -0.05) is 26.0 Å². The highest BCUT2D eigenvalue weighted by molar-refractivity contribution is 7.14. The van der Waals surface area contributed by atoms with E-state index in [2.05, 4.69) is 20.3 Å². The van der Waals surface area contributed by atoms with E-state index in [1.165, 1.54) is 24.9 Å². The molecule has 0 aliphatic carbocycles. The average Bonchev–Trinajstić information content (AvgIpc) is 3.39. The van der Waals surface area contributed by atoms with Gasteiger partial charge in [0.2, 0.25) is 5.88 Å². The van der Waals surface area contributed by atoms with Crippen molar-refractivity contribution in [3.05, 3.63) is 53.5 Å². The molecule has 9 nitrogen and oxygen atoms in total. The van der Waals surface area contributed by atoms with Crippen molar-refractivity contribution in [1.29, 1.82) is 0 Å². The molecule has 3 aromatic heterocycles. The number of carbonyl (C=O) groups excluding carboxylic acids is 1. The number of carboxylic acids is 1. The number of rotatable bonds is 5. The van der Waals surface area contributed by atoms with Crippen molar-refractivity contribution in [3.8, 4) is 16.5 Å². The molecule has 3 heterocycles. The fraction of sp³-hybridized carbons (Fsp3) is 0.150. The highest BCUT2D eigenvalue weighted by Crippen LogP contribution is 2.35. The Morgan fingerprint density at radius 3 is 2.57 bits per heavy atom. The SMILES string of the molecule is CC.COc1cnc(-c2scc(NC(=O)c3nc4ccccc4o3)c2C(=O)O)cn1. The molecule has 0 saturated heterocycles. The second-order valence-corrected chi connectivity index (χ2v) is 6.42. The van der Waals surface area contributed by atoms with Crippen LogP contribution in [0.4, 0.5) is 5.69 Å². The largest absolute Gasteiger partial charge is 0.480 e. The number of para-hydroxylation sites is 2.